The van der Waals surface area contributed by atoms with E-state index in [0.29, 0.717) is 5.92 Å². The Morgan fingerprint density at radius 3 is 2.79 bits per heavy atom. The third-order valence-corrected chi connectivity index (χ3v) is 4.85. The van der Waals surface area contributed by atoms with E-state index in [-0.39, 0.29) is 5.69 Å². The van der Waals surface area contributed by atoms with Gasteiger partial charge in [-0.25, -0.2) is 9.78 Å². The number of carboxylic acids is 1. The van der Waals surface area contributed by atoms with Crippen molar-refractivity contribution in [1.29, 1.82) is 0 Å². The minimum absolute atomic E-state index is 0.221. The van der Waals surface area contributed by atoms with Crippen LogP contribution >= 0.6 is 11.3 Å². The SMILES string of the molecule is Cc1sc(C2CCc3ccccc3C2)nc1C(=O)O. The Bertz CT molecular complexity index is 633. The molecule has 0 bridgehead atoms. The third kappa shape index (κ3) is 2.28. The highest BCUT2D eigenvalue weighted by molar-refractivity contribution is 7.12. The van der Waals surface area contributed by atoms with Gasteiger partial charge in [0.1, 0.15) is 0 Å². The average molecular weight is 273 g/mol. The number of rotatable bonds is 2. The molecule has 0 aliphatic heterocycles. The van der Waals surface area contributed by atoms with Crippen molar-refractivity contribution >= 4 is 17.3 Å². The topological polar surface area (TPSA) is 50.2 Å². The van der Waals surface area contributed by atoms with Crippen LogP contribution in [0.3, 0.4) is 0 Å². The summed E-state index contributed by atoms with van der Waals surface area (Å²) in [5.74, 6) is -0.553. The first-order valence-corrected chi connectivity index (χ1v) is 7.24. The standard InChI is InChI=1S/C15H15NO2S/c1-9-13(15(17)18)16-14(19-9)12-7-6-10-4-2-3-5-11(10)8-12/h2-5,12H,6-8H2,1H3,(H,17,18). The molecule has 2 aromatic rings. The number of aryl methyl sites for hydroxylation is 2. The van der Waals surface area contributed by atoms with E-state index in [9.17, 15) is 4.79 Å². The van der Waals surface area contributed by atoms with Crippen LogP contribution in [0.15, 0.2) is 24.3 Å². The number of nitrogens with zero attached hydrogens (tertiary/aromatic N) is 1. The van der Waals surface area contributed by atoms with E-state index >= 15 is 0 Å². The molecule has 4 heteroatoms. The Balaban J connectivity index is 1.89. The zero-order valence-corrected chi connectivity index (χ0v) is 11.5. The van der Waals surface area contributed by atoms with Crippen molar-refractivity contribution in [3.8, 4) is 0 Å². The predicted molar refractivity (Wildman–Crippen MR) is 75.0 cm³/mol. The van der Waals surface area contributed by atoms with E-state index in [4.69, 9.17) is 5.11 Å². The third-order valence-electron chi connectivity index (χ3n) is 3.71. The molecule has 1 atom stereocenters. The van der Waals surface area contributed by atoms with E-state index in [1.807, 2.05) is 6.92 Å². The summed E-state index contributed by atoms with van der Waals surface area (Å²) in [6.07, 6.45) is 3.09. The molecule has 0 radical (unpaired) electrons. The summed E-state index contributed by atoms with van der Waals surface area (Å²) in [6.45, 7) is 1.83. The van der Waals surface area contributed by atoms with Crippen LogP contribution in [0.2, 0.25) is 0 Å². The minimum atomic E-state index is -0.920. The molecule has 0 saturated heterocycles. The molecule has 1 heterocycles. The molecule has 1 aromatic heterocycles. The van der Waals surface area contributed by atoms with Gasteiger partial charge in [-0.05, 0) is 37.3 Å². The molecule has 1 aliphatic carbocycles. The summed E-state index contributed by atoms with van der Waals surface area (Å²) in [7, 11) is 0. The molecule has 3 nitrogen and oxygen atoms in total. The highest BCUT2D eigenvalue weighted by Crippen LogP contribution is 2.35. The van der Waals surface area contributed by atoms with Gasteiger partial charge in [-0.15, -0.1) is 11.3 Å². The molecule has 1 aliphatic rings. The number of fused-ring (bicyclic) bond motifs is 1. The zero-order valence-electron chi connectivity index (χ0n) is 10.7. The van der Waals surface area contributed by atoms with Gasteiger partial charge in [-0.1, -0.05) is 24.3 Å². The summed E-state index contributed by atoms with van der Waals surface area (Å²) in [5.41, 5.74) is 3.02. The van der Waals surface area contributed by atoms with Crippen molar-refractivity contribution in [3.05, 3.63) is 51.0 Å². The van der Waals surface area contributed by atoms with E-state index in [2.05, 4.69) is 29.2 Å². The lowest BCUT2D eigenvalue weighted by atomic mass is 9.84. The highest BCUT2D eigenvalue weighted by Gasteiger charge is 2.24. The Morgan fingerprint density at radius 1 is 1.37 bits per heavy atom. The van der Waals surface area contributed by atoms with Gasteiger partial charge in [-0.2, -0.15) is 0 Å². The van der Waals surface area contributed by atoms with E-state index < -0.39 is 5.97 Å². The molecule has 98 valence electrons. The minimum Gasteiger partial charge on any atom is -0.476 e. The molecular formula is C15H15NO2S. The van der Waals surface area contributed by atoms with Crippen molar-refractivity contribution in [2.24, 2.45) is 0 Å². The number of hydrogen-bond donors (Lipinski definition) is 1. The van der Waals surface area contributed by atoms with Gasteiger partial charge in [0.2, 0.25) is 0 Å². The fourth-order valence-corrected chi connectivity index (χ4v) is 3.75. The maximum Gasteiger partial charge on any atom is 0.355 e. The molecule has 0 saturated carbocycles. The zero-order chi connectivity index (χ0) is 13.4. The number of aromatic nitrogens is 1. The van der Waals surface area contributed by atoms with Gasteiger partial charge < -0.3 is 5.11 Å². The summed E-state index contributed by atoms with van der Waals surface area (Å²) in [5, 5.41) is 10.1. The van der Waals surface area contributed by atoms with Crippen LogP contribution in [0.25, 0.3) is 0 Å². The Morgan fingerprint density at radius 2 is 2.11 bits per heavy atom. The molecule has 1 unspecified atom stereocenters. The fraction of sp³-hybridized carbons (Fsp3) is 0.333. The second kappa shape index (κ2) is 4.78. The maximum atomic E-state index is 11.1. The van der Waals surface area contributed by atoms with Gasteiger partial charge in [0.15, 0.2) is 5.69 Å². The number of aromatic carboxylic acids is 1. The molecule has 19 heavy (non-hydrogen) atoms. The van der Waals surface area contributed by atoms with Gasteiger partial charge in [0, 0.05) is 10.8 Å². The smallest absolute Gasteiger partial charge is 0.355 e. The normalized spacial score (nSPS) is 18.1. The summed E-state index contributed by atoms with van der Waals surface area (Å²) in [6, 6.07) is 8.49. The number of carbonyl (C=O) groups is 1. The molecule has 1 aromatic carbocycles. The second-order valence-corrected chi connectivity index (χ2v) is 6.21. The molecular weight excluding hydrogens is 258 g/mol. The molecule has 1 N–H and O–H groups in total. The maximum absolute atomic E-state index is 11.1. The number of benzene rings is 1. The first-order chi connectivity index (χ1) is 9.15. The molecule has 0 fully saturated rings. The summed E-state index contributed by atoms with van der Waals surface area (Å²) in [4.78, 5) is 16.2. The first kappa shape index (κ1) is 12.4. The lowest BCUT2D eigenvalue weighted by Gasteiger charge is -2.22. The van der Waals surface area contributed by atoms with Crippen molar-refractivity contribution in [1.82, 2.24) is 4.98 Å². The van der Waals surface area contributed by atoms with Crippen LogP contribution < -0.4 is 0 Å². The Kier molecular flexibility index (Phi) is 3.11. The van der Waals surface area contributed by atoms with Gasteiger partial charge in [-0.3, -0.25) is 0 Å². The van der Waals surface area contributed by atoms with Crippen LogP contribution in [0, 0.1) is 6.92 Å². The lowest BCUT2D eigenvalue weighted by molar-refractivity contribution is 0.0690. The average Bonchev–Trinajstić information content (AvgIpc) is 2.80. The molecule has 0 spiro atoms. The Hall–Kier alpha value is -1.68. The number of hydrogen-bond acceptors (Lipinski definition) is 3. The van der Waals surface area contributed by atoms with Crippen LogP contribution in [0.1, 0.15) is 43.8 Å². The fourth-order valence-electron chi connectivity index (χ4n) is 2.70. The Labute approximate surface area is 115 Å². The van der Waals surface area contributed by atoms with E-state index in [1.54, 1.807) is 0 Å². The van der Waals surface area contributed by atoms with Gasteiger partial charge in [0.25, 0.3) is 0 Å². The second-order valence-electron chi connectivity index (χ2n) is 4.97. The van der Waals surface area contributed by atoms with Crippen molar-refractivity contribution in [2.75, 3.05) is 0 Å². The number of thiazole rings is 1. The van der Waals surface area contributed by atoms with Crippen molar-refractivity contribution < 1.29 is 9.90 Å². The quantitative estimate of drug-likeness (QED) is 0.912. The predicted octanol–water partition coefficient (Wildman–Crippen LogP) is 3.42. The van der Waals surface area contributed by atoms with Gasteiger partial charge in [0.05, 0.1) is 5.01 Å². The lowest BCUT2D eigenvalue weighted by Crippen LogP contribution is -2.12. The van der Waals surface area contributed by atoms with Gasteiger partial charge >= 0.3 is 5.97 Å². The summed E-state index contributed by atoms with van der Waals surface area (Å²) >= 11 is 1.53. The molecule has 0 amide bonds. The summed E-state index contributed by atoms with van der Waals surface area (Å²) < 4.78 is 0. The monoisotopic (exact) mass is 273 g/mol. The van der Waals surface area contributed by atoms with E-state index in [1.165, 1.54) is 22.5 Å². The van der Waals surface area contributed by atoms with Crippen LogP contribution in [0.5, 0.6) is 0 Å². The van der Waals surface area contributed by atoms with Crippen LogP contribution in [-0.2, 0) is 12.8 Å². The highest BCUT2D eigenvalue weighted by atomic mass is 32.1. The van der Waals surface area contributed by atoms with Crippen LogP contribution in [0.4, 0.5) is 0 Å². The first-order valence-electron chi connectivity index (χ1n) is 6.42. The van der Waals surface area contributed by atoms with Crippen molar-refractivity contribution in [3.63, 3.8) is 0 Å². The van der Waals surface area contributed by atoms with Crippen molar-refractivity contribution in [2.45, 2.75) is 32.1 Å². The number of carboxylic acid groups (broad SMARTS) is 1. The van der Waals surface area contributed by atoms with Crippen LogP contribution in [-0.4, -0.2) is 16.1 Å². The largest absolute Gasteiger partial charge is 0.476 e. The van der Waals surface area contributed by atoms with E-state index in [0.717, 1.165) is 29.1 Å². The molecule has 3 rings (SSSR count).